The van der Waals surface area contributed by atoms with Crippen molar-refractivity contribution in [1.82, 2.24) is 10.0 Å². The number of nitrogens with one attached hydrogen (secondary N) is 3. The van der Waals surface area contributed by atoms with Crippen LogP contribution in [0.5, 0.6) is 0 Å². The highest BCUT2D eigenvalue weighted by molar-refractivity contribution is 7.89. The maximum Gasteiger partial charge on any atom is 0.435 e. The lowest BCUT2D eigenvalue weighted by molar-refractivity contribution is -0.194. The van der Waals surface area contributed by atoms with E-state index in [2.05, 4.69) is 5.32 Å². The molecule has 9 nitrogen and oxygen atoms in total. The normalized spacial score (nSPS) is 19.1. The van der Waals surface area contributed by atoms with Crippen LogP contribution in [0.2, 0.25) is 0 Å². The van der Waals surface area contributed by atoms with E-state index in [1.54, 1.807) is 0 Å². The second-order valence-corrected chi connectivity index (χ2v) is 8.29. The van der Waals surface area contributed by atoms with E-state index < -0.39 is 56.1 Å². The van der Waals surface area contributed by atoms with Crippen LogP contribution in [0.15, 0.2) is 53.4 Å². The zero-order valence-electron chi connectivity index (χ0n) is 16.0. The van der Waals surface area contributed by atoms with E-state index in [0.29, 0.717) is 0 Å². The summed E-state index contributed by atoms with van der Waals surface area (Å²) in [4.78, 5) is 35.4. The Labute approximate surface area is 178 Å². The number of carbonyl (C=O) groups is 3. The van der Waals surface area contributed by atoms with Gasteiger partial charge in [0, 0.05) is 12.6 Å². The molecule has 1 heterocycles. The largest absolute Gasteiger partial charge is 0.435 e. The van der Waals surface area contributed by atoms with Crippen molar-refractivity contribution in [3.05, 3.63) is 54.3 Å². The van der Waals surface area contributed by atoms with Crippen LogP contribution in [0.4, 0.5) is 33.7 Å². The lowest BCUT2D eigenvalue weighted by atomic mass is 10.1. The van der Waals surface area contributed by atoms with E-state index in [9.17, 15) is 40.4 Å². The van der Waals surface area contributed by atoms with Gasteiger partial charge in [0.15, 0.2) is 0 Å². The number of carbonyl (C=O) groups excluding carboxylic acids is 3. The lowest BCUT2D eigenvalue weighted by Gasteiger charge is -2.29. The number of alkyl halides is 3. The molecule has 1 aliphatic heterocycles. The summed E-state index contributed by atoms with van der Waals surface area (Å²) in [5.41, 5.74) is -4.23. The number of anilines is 2. The fraction of sp³-hybridized carbons (Fsp3) is 0.167. The predicted octanol–water partition coefficient (Wildman–Crippen LogP) is 2.08. The maximum atomic E-state index is 13.9. The molecule has 170 valence electrons. The molecular formula is C18H14F4N4O5S. The second-order valence-electron chi connectivity index (χ2n) is 6.61. The standard InChI is InChI=1S/C18H14F4N4O5S/c1-10(27)23-12-4-8-14(9-5-12)32(30,31)25-17(18(20,21)22)15(28)26(16(29)24-17)13-6-2-11(19)3-7-13/h2-9,25H,1H3,(H,23,27)(H,24,29). The van der Waals surface area contributed by atoms with Gasteiger partial charge < -0.3 is 10.6 Å². The molecule has 0 saturated carbocycles. The fourth-order valence-electron chi connectivity index (χ4n) is 2.85. The Bertz CT molecular complexity index is 1180. The van der Waals surface area contributed by atoms with Crippen LogP contribution < -0.4 is 20.3 Å². The van der Waals surface area contributed by atoms with Crippen LogP contribution in [0, 0.1) is 5.82 Å². The van der Waals surface area contributed by atoms with Gasteiger partial charge in [-0.3, -0.25) is 9.59 Å². The number of benzene rings is 2. The van der Waals surface area contributed by atoms with E-state index in [4.69, 9.17) is 0 Å². The van der Waals surface area contributed by atoms with Crippen molar-refractivity contribution in [3.63, 3.8) is 0 Å². The Morgan fingerprint density at radius 2 is 1.59 bits per heavy atom. The molecule has 0 bridgehead atoms. The highest BCUT2D eigenvalue weighted by Gasteiger charge is 2.69. The molecule has 0 aromatic heterocycles. The number of sulfonamides is 1. The minimum Gasteiger partial charge on any atom is -0.326 e. The van der Waals surface area contributed by atoms with Crippen molar-refractivity contribution in [3.8, 4) is 0 Å². The smallest absolute Gasteiger partial charge is 0.326 e. The van der Waals surface area contributed by atoms with Crippen molar-refractivity contribution in [2.75, 3.05) is 10.2 Å². The molecule has 3 rings (SSSR count). The molecule has 0 spiro atoms. The average molecular weight is 474 g/mol. The lowest BCUT2D eigenvalue weighted by Crippen LogP contribution is -2.69. The number of imide groups is 1. The monoisotopic (exact) mass is 474 g/mol. The number of hydrogen-bond donors (Lipinski definition) is 3. The molecule has 0 aliphatic carbocycles. The summed E-state index contributed by atoms with van der Waals surface area (Å²) in [6.07, 6.45) is -5.59. The van der Waals surface area contributed by atoms with Crippen LogP contribution in [0.3, 0.4) is 0 Å². The highest BCUT2D eigenvalue weighted by atomic mass is 32.2. The number of rotatable bonds is 5. The number of amides is 4. The number of hydrogen-bond acceptors (Lipinski definition) is 5. The zero-order chi connectivity index (χ0) is 23.9. The molecule has 1 saturated heterocycles. The number of urea groups is 1. The van der Waals surface area contributed by atoms with Crippen molar-refractivity contribution in [2.45, 2.75) is 23.7 Å². The molecule has 1 atom stereocenters. The average Bonchev–Trinajstić information content (AvgIpc) is 2.93. The quantitative estimate of drug-likeness (QED) is 0.452. The van der Waals surface area contributed by atoms with Gasteiger partial charge in [0.25, 0.3) is 11.6 Å². The molecule has 0 radical (unpaired) electrons. The molecular weight excluding hydrogens is 460 g/mol. The van der Waals surface area contributed by atoms with Gasteiger partial charge in [0.1, 0.15) is 5.82 Å². The first kappa shape index (κ1) is 23.1. The summed E-state index contributed by atoms with van der Waals surface area (Å²) >= 11 is 0. The maximum absolute atomic E-state index is 13.9. The van der Waals surface area contributed by atoms with Crippen LogP contribution in [0.1, 0.15) is 6.92 Å². The van der Waals surface area contributed by atoms with Gasteiger partial charge >= 0.3 is 12.2 Å². The third-order valence-electron chi connectivity index (χ3n) is 4.30. The highest BCUT2D eigenvalue weighted by Crippen LogP contribution is 2.37. The summed E-state index contributed by atoms with van der Waals surface area (Å²) < 4.78 is 81.5. The van der Waals surface area contributed by atoms with Gasteiger partial charge in [-0.1, -0.05) is 0 Å². The van der Waals surface area contributed by atoms with Gasteiger partial charge in [0.2, 0.25) is 15.9 Å². The van der Waals surface area contributed by atoms with Crippen LogP contribution in [-0.2, 0) is 19.6 Å². The predicted molar refractivity (Wildman–Crippen MR) is 102 cm³/mol. The van der Waals surface area contributed by atoms with Gasteiger partial charge in [-0.15, -0.1) is 0 Å². The van der Waals surface area contributed by atoms with E-state index in [1.165, 1.54) is 17.0 Å². The molecule has 14 heteroatoms. The number of nitrogens with zero attached hydrogens (tertiary/aromatic N) is 1. The third kappa shape index (κ3) is 4.13. The second kappa shape index (κ2) is 7.87. The first-order chi connectivity index (χ1) is 14.8. The Hall–Kier alpha value is -3.52. The van der Waals surface area contributed by atoms with Crippen LogP contribution in [-0.4, -0.2) is 38.1 Å². The minimum atomic E-state index is -5.59. The summed E-state index contributed by atoms with van der Waals surface area (Å²) in [5, 5.41) is 3.71. The SMILES string of the molecule is CC(=O)Nc1ccc(S(=O)(=O)NC2(C(F)(F)F)NC(=O)N(c3ccc(F)cc3)C2=O)cc1. The van der Waals surface area contributed by atoms with E-state index >= 15 is 0 Å². The Kier molecular flexibility index (Phi) is 5.69. The summed E-state index contributed by atoms with van der Waals surface area (Å²) in [6, 6.07) is 5.86. The molecule has 1 fully saturated rings. The molecule has 2 aromatic carbocycles. The van der Waals surface area contributed by atoms with Crippen molar-refractivity contribution in [2.24, 2.45) is 0 Å². The first-order valence-corrected chi connectivity index (χ1v) is 10.2. The van der Waals surface area contributed by atoms with E-state index in [1.807, 2.05) is 0 Å². The van der Waals surface area contributed by atoms with Gasteiger partial charge in [-0.05, 0) is 48.5 Å². The van der Waals surface area contributed by atoms with E-state index in [-0.39, 0.29) is 10.6 Å². The van der Waals surface area contributed by atoms with E-state index in [0.717, 1.165) is 48.5 Å². The van der Waals surface area contributed by atoms with Crippen LogP contribution in [0.25, 0.3) is 0 Å². The zero-order valence-corrected chi connectivity index (χ0v) is 16.8. The molecule has 32 heavy (non-hydrogen) atoms. The van der Waals surface area contributed by atoms with Gasteiger partial charge in [0.05, 0.1) is 10.6 Å². The fourth-order valence-corrected chi connectivity index (χ4v) is 4.12. The minimum absolute atomic E-state index is 0.0509. The molecule has 1 aliphatic rings. The molecule has 1 unspecified atom stereocenters. The Morgan fingerprint density at radius 1 is 1.03 bits per heavy atom. The third-order valence-corrected chi connectivity index (χ3v) is 5.77. The van der Waals surface area contributed by atoms with Gasteiger partial charge in [-0.2, -0.15) is 17.9 Å². The topological polar surface area (TPSA) is 125 Å². The first-order valence-electron chi connectivity index (χ1n) is 8.67. The summed E-state index contributed by atoms with van der Waals surface area (Å²) in [7, 11) is -5.00. The molecule has 3 N–H and O–H groups in total. The van der Waals surface area contributed by atoms with Crippen molar-refractivity contribution in [1.29, 1.82) is 0 Å². The van der Waals surface area contributed by atoms with Crippen molar-refractivity contribution >= 4 is 39.2 Å². The summed E-state index contributed by atoms with van der Waals surface area (Å²) in [5.74, 6) is -3.21. The number of halogens is 4. The Balaban J connectivity index is 2.00. The van der Waals surface area contributed by atoms with Crippen molar-refractivity contribution < 1.29 is 40.4 Å². The van der Waals surface area contributed by atoms with Gasteiger partial charge in [-0.25, -0.2) is 22.5 Å². The van der Waals surface area contributed by atoms with Crippen LogP contribution >= 0.6 is 0 Å². The molecule has 2 aromatic rings. The molecule has 4 amide bonds. The Morgan fingerprint density at radius 3 is 2.09 bits per heavy atom. The summed E-state index contributed by atoms with van der Waals surface area (Å²) in [6.45, 7) is 1.19.